The Bertz CT molecular complexity index is 1200. The summed E-state index contributed by atoms with van der Waals surface area (Å²) in [5.74, 6) is -0.784. The fraction of sp³-hybridized carbons (Fsp3) is 0.500. The Morgan fingerprint density at radius 3 is 2.70 bits per heavy atom. The fourth-order valence-electron chi connectivity index (χ4n) is 3.49. The van der Waals surface area contributed by atoms with E-state index in [0.717, 1.165) is 5.56 Å². The lowest BCUT2D eigenvalue weighted by molar-refractivity contribution is -0.139. The second-order valence-corrected chi connectivity index (χ2v) is 10.5. The van der Waals surface area contributed by atoms with E-state index in [-0.39, 0.29) is 29.9 Å². The maximum Gasteiger partial charge on any atom is 0.309 e. The van der Waals surface area contributed by atoms with Crippen LogP contribution in [0.4, 0.5) is 0 Å². The molecule has 0 amide bonds. The van der Waals surface area contributed by atoms with Crippen molar-refractivity contribution in [3.8, 4) is 0 Å². The monoisotopic (exact) mass is 535 g/mol. The number of hydrogen-bond acceptors (Lipinski definition) is 10. The summed E-state index contributed by atoms with van der Waals surface area (Å²) in [4.78, 5) is 17.1. The molecular formula is C24H33N5O7S. The number of benzene rings is 1. The molecule has 1 aliphatic heterocycles. The van der Waals surface area contributed by atoms with Gasteiger partial charge in [0, 0.05) is 0 Å². The van der Waals surface area contributed by atoms with Crippen molar-refractivity contribution in [1.29, 1.82) is 0 Å². The summed E-state index contributed by atoms with van der Waals surface area (Å²) in [5, 5.41) is 22.1. The first-order valence-corrected chi connectivity index (χ1v) is 13.3. The highest BCUT2D eigenvalue weighted by molar-refractivity contribution is 7.89. The number of hydrogen-bond donors (Lipinski definition) is 2. The molecule has 2 aromatic rings. The molecule has 0 aliphatic carbocycles. The molecule has 13 heteroatoms. The Morgan fingerprint density at radius 1 is 1.32 bits per heavy atom. The lowest BCUT2D eigenvalue weighted by Crippen LogP contribution is -2.40. The molecule has 1 aliphatic rings. The average molecular weight is 536 g/mol. The quantitative estimate of drug-likeness (QED) is 0.179. The van der Waals surface area contributed by atoms with E-state index in [1.807, 2.05) is 6.92 Å². The Kier molecular flexibility index (Phi) is 9.92. The molecule has 0 saturated carbocycles. The van der Waals surface area contributed by atoms with E-state index in [4.69, 9.17) is 9.57 Å². The summed E-state index contributed by atoms with van der Waals surface area (Å²) in [6, 6.07) is 5.37. The SMILES string of the molecule is COC(=O)CC=C[C@@H](C)[C@@H](C=NO[C@H](C)c1cn([C@@H]2COC[C@H]2O)nn1)NS(=O)(=O)c1ccc(C)cc1. The third kappa shape index (κ3) is 7.92. The molecule has 1 saturated heterocycles. The predicted molar refractivity (Wildman–Crippen MR) is 134 cm³/mol. The molecular weight excluding hydrogens is 502 g/mol. The number of ether oxygens (including phenoxy) is 2. The number of aromatic nitrogens is 3. The number of rotatable bonds is 12. The van der Waals surface area contributed by atoms with Gasteiger partial charge in [-0.15, -0.1) is 5.10 Å². The average Bonchev–Trinajstić information content (AvgIpc) is 3.52. The van der Waals surface area contributed by atoms with Crippen molar-refractivity contribution in [2.75, 3.05) is 20.3 Å². The molecule has 1 fully saturated rings. The second-order valence-electron chi connectivity index (χ2n) is 8.83. The van der Waals surface area contributed by atoms with E-state index in [9.17, 15) is 18.3 Å². The number of aliphatic hydroxyl groups excluding tert-OH is 1. The molecule has 0 bridgehead atoms. The minimum atomic E-state index is -3.87. The number of carbonyl (C=O) groups is 1. The summed E-state index contributed by atoms with van der Waals surface area (Å²) >= 11 is 0. The first kappa shape index (κ1) is 28.4. The lowest BCUT2D eigenvalue weighted by Gasteiger charge is -2.19. The molecule has 1 aromatic carbocycles. The number of nitrogens with one attached hydrogen (secondary N) is 1. The molecule has 3 rings (SSSR count). The summed E-state index contributed by atoms with van der Waals surface area (Å²) in [5.41, 5.74) is 1.42. The zero-order valence-electron chi connectivity index (χ0n) is 21.2. The van der Waals surface area contributed by atoms with E-state index < -0.39 is 34.2 Å². The van der Waals surface area contributed by atoms with Gasteiger partial charge in [-0.05, 0) is 31.9 Å². The number of sulfonamides is 1. The van der Waals surface area contributed by atoms with Crippen LogP contribution in [-0.2, 0) is 29.1 Å². The minimum absolute atomic E-state index is 0.0549. The van der Waals surface area contributed by atoms with Crippen molar-refractivity contribution in [3.05, 3.63) is 53.9 Å². The molecule has 2 N–H and O–H groups in total. The Balaban J connectivity index is 1.71. The van der Waals surface area contributed by atoms with Crippen LogP contribution < -0.4 is 4.72 Å². The molecule has 1 aromatic heterocycles. The number of nitrogens with zero attached hydrogens (tertiary/aromatic N) is 4. The summed E-state index contributed by atoms with van der Waals surface area (Å²) < 4.78 is 40.1. The van der Waals surface area contributed by atoms with Crippen LogP contribution in [0.25, 0.3) is 0 Å². The van der Waals surface area contributed by atoms with Crippen LogP contribution in [-0.4, -0.2) is 73.2 Å². The van der Waals surface area contributed by atoms with Crippen molar-refractivity contribution < 1.29 is 32.6 Å². The zero-order chi connectivity index (χ0) is 27.0. The Morgan fingerprint density at radius 2 is 2.05 bits per heavy atom. The highest BCUT2D eigenvalue weighted by Gasteiger charge is 2.29. The van der Waals surface area contributed by atoms with E-state index in [1.54, 1.807) is 44.3 Å². The first-order chi connectivity index (χ1) is 17.6. The highest BCUT2D eigenvalue weighted by atomic mass is 32.2. The van der Waals surface area contributed by atoms with Gasteiger partial charge in [0.15, 0.2) is 6.10 Å². The summed E-state index contributed by atoms with van der Waals surface area (Å²) in [6.07, 6.45) is 5.12. The van der Waals surface area contributed by atoms with Crippen molar-refractivity contribution in [2.24, 2.45) is 11.1 Å². The van der Waals surface area contributed by atoms with Gasteiger partial charge in [0.05, 0.1) is 50.1 Å². The molecule has 0 spiro atoms. The topological polar surface area (TPSA) is 154 Å². The van der Waals surface area contributed by atoms with Gasteiger partial charge in [-0.1, -0.05) is 47.1 Å². The Labute approximate surface area is 216 Å². The van der Waals surface area contributed by atoms with Gasteiger partial charge in [0.1, 0.15) is 17.8 Å². The van der Waals surface area contributed by atoms with Crippen LogP contribution >= 0.6 is 0 Å². The summed E-state index contributed by atoms with van der Waals surface area (Å²) in [6.45, 7) is 5.95. The maximum absolute atomic E-state index is 13.0. The number of esters is 1. The van der Waals surface area contributed by atoms with Crippen LogP contribution in [0.1, 0.15) is 43.7 Å². The van der Waals surface area contributed by atoms with Gasteiger partial charge in [0.2, 0.25) is 10.0 Å². The van der Waals surface area contributed by atoms with Crippen molar-refractivity contribution >= 4 is 22.2 Å². The van der Waals surface area contributed by atoms with Gasteiger partial charge >= 0.3 is 5.97 Å². The van der Waals surface area contributed by atoms with Gasteiger partial charge in [-0.3, -0.25) is 4.79 Å². The van der Waals surface area contributed by atoms with E-state index in [2.05, 4.69) is 24.9 Å². The van der Waals surface area contributed by atoms with Gasteiger partial charge in [-0.25, -0.2) is 17.8 Å². The smallest absolute Gasteiger partial charge is 0.309 e. The molecule has 37 heavy (non-hydrogen) atoms. The van der Waals surface area contributed by atoms with Crippen molar-refractivity contribution in [2.45, 2.75) is 56.4 Å². The first-order valence-electron chi connectivity index (χ1n) is 11.8. The molecule has 2 heterocycles. The second kappa shape index (κ2) is 12.9. The Hall–Kier alpha value is -3.13. The fourth-order valence-corrected chi connectivity index (χ4v) is 4.75. The molecule has 5 atom stereocenters. The van der Waals surface area contributed by atoms with E-state index in [0.29, 0.717) is 12.3 Å². The highest BCUT2D eigenvalue weighted by Crippen LogP contribution is 2.21. The van der Waals surface area contributed by atoms with E-state index >= 15 is 0 Å². The minimum Gasteiger partial charge on any atom is -0.469 e. The molecule has 0 radical (unpaired) electrons. The largest absolute Gasteiger partial charge is 0.469 e. The van der Waals surface area contributed by atoms with Crippen molar-refractivity contribution in [3.63, 3.8) is 0 Å². The van der Waals surface area contributed by atoms with Gasteiger partial charge < -0.3 is 19.4 Å². The maximum atomic E-state index is 13.0. The van der Waals surface area contributed by atoms with Crippen LogP contribution in [0.15, 0.2) is 52.7 Å². The number of oxime groups is 1. The van der Waals surface area contributed by atoms with Crippen LogP contribution in [0.5, 0.6) is 0 Å². The van der Waals surface area contributed by atoms with Gasteiger partial charge in [-0.2, -0.15) is 0 Å². The van der Waals surface area contributed by atoms with Crippen molar-refractivity contribution in [1.82, 2.24) is 19.7 Å². The third-order valence-electron chi connectivity index (χ3n) is 5.89. The normalized spacial score (nSPS) is 20.8. The third-order valence-corrected chi connectivity index (χ3v) is 7.36. The summed E-state index contributed by atoms with van der Waals surface area (Å²) in [7, 11) is -2.57. The number of carbonyl (C=O) groups excluding carboxylic acids is 1. The number of aryl methyl sites for hydroxylation is 1. The molecule has 12 nitrogen and oxygen atoms in total. The molecule has 202 valence electrons. The lowest BCUT2D eigenvalue weighted by atomic mass is 10.0. The predicted octanol–water partition coefficient (Wildman–Crippen LogP) is 1.68. The van der Waals surface area contributed by atoms with Crippen LogP contribution in [0.2, 0.25) is 0 Å². The van der Waals surface area contributed by atoms with E-state index in [1.165, 1.54) is 30.1 Å². The van der Waals surface area contributed by atoms with Crippen LogP contribution in [0, 0.1) is 12.8 Å². The standard InChI is InChI=1S/C24H33N5O7S/c1-16-8-10-19(11-9-16)37(32,33)27-20(17(2)6-5-7-24(31)34-4)12-25-36-18(3)21-13-29(28-26-21)22-14-35-15-23(22)30/h5-6,8-13,17-18,20,22-23,27,30H,7,14-15H2,1-4H3/t17-,18-,20-,22-,23-/m1/s1. The van der Waals surface area contributed by atoms with Gasteiger partial charge in [0.25, 0.3) is 0 Å². The zero-order valence-corrected chi connectivity index (χ0v) is 22.0. The van der Waals surface area contributed by atoms with Crippen LogP contribution in [0.3, 0.4) is 0 Å². The molecule has 0 unspecified atom stereocenters. The number of methoxy groups -OCH3 is 1. The number of aliphatic hydroxyl groups is 1.